The summed E-state index contributed by atoms with van der Waals surface area (Å²) in [5.74, 6) is -0.493. The molecule has 1 aliphatic rings. The van der Waals surface area contributed by atoms with Crippen molar-refractivity contribution in [2.45, 2.75) is 52.5 Å². The summed E-state index contributed by atoms with van der Waals surface area (Å²) in [5, 5.41) is 2.84. The molecular formula is C16H28N2O4. The van der Waals surface area contributed by atoms with E-state index in [1.54, 1.807) is 11.8 Å². The summed E-state index contributed by atoms with van der Waals surface area (Å²) in [6.07, 6.45) is 2.58. The van der Waals surface area contributed by atoms with Crippen LogP contribution in [0.15, 0.2) is 0 Å². The van der Waals surface area contributed by atoms with E-state index in [1.165, 1.54) is 7.11 Å². The third-order valence-electron chi connectivity index (χ3n) is 4.23. The zero-order valence-corrected chi connectivity index (χ0v) is 14.1. The van der Waals surface area contributed by atoms with E-state index in [1.807, 2.05) is 13.8 Å². The van der Waals surface area contributed by atoms with E-state index < -0.39 is 0 Å². The van der Waals surface area contributed by atoms with Gasteiger partial charge in [0.05, 0.1) is 19.4 Å². The summed E-state index contributed by atoms with van der Waals surface area (Å²) in [7, 11) is 1.33. The average Bonchev–Trinajstić information content (AvgIpc) is 2.53. The predicted molar refractivity (Wildman–Crippen MR) is 83.0 cm³/mol. The molecule has 6 nitrogen and oxygen atoms in total. The molecule has 1 rings (SSSR count). The number of piperidine rings is 1. The first-order valence-electron chi connectivity index (χ1n) is 8.05. The molecule has 126 valence electrons. The van der Waals surface area contributed by atoms with Crippen LogP contribution in [0.4, 0.5) is 0 Å². The predicted octanol–water partition coefficient (Wildman–Crippen LogP) is 1.34. The number of hydrogen-bond acceptors (Lipinski definition) is 4. The Labute approximate surface area is 132 Å². The first kappa shape index (κ1) is 18.5. The maximum absolute atomic E-state index is 12.3. The van der Waals surface area contributed by atoms with E-state index in [-0.39, 0.29) is 42.1 Å². The molecule has 0 aromatic carbocycles. The van der Waals surface area contributed by atoms with Crippen LogP contribution in [0.25, 0.3) is 0 Å². The van der Waals surface area contributed by atoms with E-state index in [9.17, 15) is 14.4 Å². The van der Waals surface area contributed by atoms with Crippen molar-refractivity contribution in [1.82, 2.24) is 10.2 Å². The van der Waals surface area contributed by atoms with E-state index >= 15 is 0 Å². The standard InChI is InChI=1S/C16H28N2O4/c1-5-11(2)16(21)18-8-6-7-13(10-18)15(20)17-12(3)9-14(19)22-4/h11-13H,5-10H2,1-4H3,(H,17,20)/t11-,12-,13+/m0/s1. The molecule has 1 aliphatic heterocycles. The fourth-order valence-electron chi connectivity index (χ4n) is 2.62. The summed E-state index contributed by atoms with van der Waals surface area (Å²) < 4.78 is 4.59. The molecule has 0 aliphatic carbocycles. The first-order chi connectivity index (χ1) is 10.4. The second kappa shape index (κ2) is 8.76. The molecule has 0 aromatic rings. The lowest BCUT2D eigenvalue weighted by atomic mass is 9.95. The number of likely N-dealkylation sites (tertiary alicyclic amines) is 1. The molecule has 22 heavy (non-hydrogen) atoms. The number of amides is 2. The molecule has 0 unspecified atom stereocenters. The first-order valence-corrected chi connectivity index (χ1v) is 8.05. The number of carbonyl (C=O) groups excluding carboxylic acids is 3. The monoisotopic (exact) mass is 312 g/mol. The number of ether oxygens (including phenoxy) is 1. The van der Waals surface area contributed by atoms with Crippen molar-refractivity contribution in [3.8, 4) is 0 Å². The van der Waals surface area contributed by atoms with Gasteiger partial charge in [-0.2, -0.15) is 0 Å². The molecular weight excluding hydrogens is 284 g/mol. The summed E-state index contributed by atoms with van der Waals surface area (Å²) in [5.41, 5.74) is 0. The molecule has 0 bridgehead atoms. The van der Waals surface area contributed by atoms with Crippen molar-refractivity contribution in [3.63, 3.8) is 0 Å². The van der Waals surface area contributed by atoms with Crippen LogP contribution >= 0.6 is 0 Å². The summed E-state index contributed by atoms with van der Waals surface area (Å²) >= 11 is 0. The normalized spacial score (nSPS) is 20.9. The second-order valence-electron chi connectivity index (χ2n) is 6.12. The lowest BCUT2D eigenvalue weighted by Crippen LogP contribution is -2.48. The van der Waals surface area contributed by atoms with Crippen molar-refractivity contribution >= 4 is 17.8 Å². The SMILES string of the molecule is CC[C@H](C)C(=O)N1CCC[C@@H](C(=O)N[C@@H](C)CC(=O)OC)C1. The molecule has 0 aromatic heterocycles. The van der Waals surface area contributed by atoms with Gasteiger partial charge >= 0.3 is 5.97 Å². The maximum atomic E-state index is 12.3. The molecule has 6 heteroatoms. The lowest BCUT2D eigenvalue weighted by molar-refractivity contribution is -0.141. The molecule has 0 spiro atoms. The molecule has 1 N–H and O–H groups in total. The Bertz CT molecular complexity index is 411. The van der Waals surface area contributed by atoms with Crippen molar-refractivity contribution in [3.05, 3.63) is 0 Å². The number of rotatable bonds is 6. The smallest absolute Gasteiger partial charge is 0.307 e. The lowest BCUT2D eigenvalue weighted by Gasteiger charge is -2.34. The zero-order valence-electron chi connectivity index (χ0n) is 14.1. The Kier molecular flexibility index (Phi) is 7.35. The van der Waals surface area contributed by atoms with Gasteiger partial charge in [-0.05, 0) is 26.2 Å². The minimum atomic E-state index is -0.343. The van der Waals surface area contributed by atoms with Crippen LogP contribution in [-0.2, 0) is 19.1 Å². The highest BCUT2D eigenvalue weighted by molar-refractivity contribution is 5.82. The fraction of sp³-hybridized carbons (Fsp3) is 0.812. The average molecular weight is 312 g/mol. The van der Waals surface area contributed by atoms with Crippen LogP contribution in [0.1, 0.15) is 46.5 Å². The quantitative estimate of drug-likeness (QED) is 0.751. The summed E-state index contributed by atoms with van der Waals surface area (Å²) in [6, 6.07) is -0.263. The van der Waals surface area contributed by atoms with Crippen molar-refractivity contribution in [2.24, 2.45) is 11.8 Å². The van der Waals surface area contributed by atoms with Crippen molar-refractivity contribution in [2.75, 3.05) is 20.2 Å². The van der Waals surface area contributed by atoms with Gasteiger partial charge in [-0.15, -0.1) is 0 Å². The molecule has 3 atom stereocenters. The van der Waals surface area contributed by atoms with E-state index in [4.69, 9.17) is 0 Å². The van der Waals surface area contributed by atoms with Crippen LogP contribution in [-0.4, -0.2) is 48.9 Å². The number of nitrogens with zero attached hydrogens (tertiary/aromatic N) is 1. The largest absolute Gasteiger partial charge is 0.469 e. The highest BCUT2D eigenvalue weighted by Gasteiger charge is 2.30. The van der Waals surface area contributed by atoms with Gasteiger partial charge in [-0.1, -0.05) is 13.8 Å². The molecule has 1 heterocycles. The van der Waals surface area contributed by atoms with E-state index in [2.05, 4.69) is 10.1 Å². The number of hydrogen-bond donors (Lipinski definition) is 1. The van der Waals surface area contributed by atoms with Gasteiger partial charge in [0.1, 0.15) is 0 Å². The van der Waals surface area contributed by atoms with Gasteiger partial charge in [0, 0.05) is 25.0 Å². The molecule has 1 saturated heterocycles. The van der Waals surface area contributed by atoms with Gasteiger partial charge in [-0.3, -0.25) is 14.4 Å². The topological polar surface area (TPSA) is 75.7 Å². The highest BCUT2D eigenvalue weighted by atomic mass is 16.5. The molecule has 0 saturated carbocycles. The van der Waals surface area contributed by atoms with Crippen LogP contribution in [0.5, 0.6) is 0 Å². The van der Waals surface area contributed by atoms with Crippen LogP contribution in [0, 0.1) is 11.8 Å². The maximum Gasteiger partial charge on any atom is 0.307 e. The zero-order chi connectivity index (χ0) is 16.7. The number of nitrogens with one attached hydrogen (secondary N) is 1. The van der Waals surface area contributed by atoms with E-state index in [0.717, 1.165) is 25.8 Å². The third-order valence-corrected chi connectivity index (χ3v) is 4.23. The Balaban J connectivity index is 2.52. The van der Waals surface area contributed by atoms with Crippen LogP contribution in [0.2, 0.25) is 0 Å². The van der Waals surface area contributed by atoms with Crippen LogP contribution in [0.3, 0.4) is 0 Å². The van der Waals surface area contributed by atoms with Gasteiger partial charge in [0.2, 0.25) is 11.8 Å². The minimum absolute atomic E-state index is 0.0000549. The molecule has 0 radical (unpaired) electrons. The highest BCUT2D eigenvalue weighted by Crippen LogP contribution is 2.19. The summed E-state index contributed by atoms with van der Waals surface area (Å²) in [4.78, 5) is 37.5. The Morgan fingerprint density at radius 3 is 2.59 bits per heavy atom. The summed E-state index contributed by atoms with van der Waals surface area (Å²) in [6.45, 7) is 6.89. The Morgan fingerprint density at radius 2 is 2.00 bits per heavy atom. The van der Waals surface area contributed by atoms with Crippen molar-refractivity contribution < 1.29 is 19.1 Å². The van der Waals surface area contributed by atoms with Gasteiger partial charge in [0.15, 0.2) is 0 Å². The number of esters is 1. The number of carbonyl (C=O) groups is 3. The number of methoxy groups -OCH3 is 1. The Hall–Kier alpha value is -1.59. The van der Waals surface area contributed by atoms with Crippen LogP contribution < -0.4 is 5.32 Å². The molecule has 1 fully saturated rings. The second-order valence-corrected chi connectivity index (χ2v) is 6.12. The minimum Gasteiger partial charge on any atom is -0.469 e. The van der Waals surface area contributed by atoms with Crippen molar-refractivity contribution in [1.29, 1.82) is 0 Å². The Morgan fingerprint density at radius 1 is 1.32 bits per heavy atom. The third kappa shape index (κ3) is 5.31. The van der Waals surface area contributed by atoms with Gasteiger partial charge in [0.25, 0.3) is 0 Å². The fourth-order valence-corrected chi connectivity index (χ4v) is 2.62. The van der Waals surface area contributed by atoms with Gasteiger partial charge < -0.3 is 15.0 Å². The van der Waals surface area contributed by atoms with Gasteiger partial charge in [-0.25, -0.2) is 0 Å². The molecule has 2 amide bonds. The van der Waals surface area contributed by atoms with E-state index in [0.29, 0.717) is 6.54 Å².